The number of hydrogen-bond acceptors (Lipinski definition) is 3. The van der Waals surface area contributed by atoms with E-state index in [0.29, 0.717) is 17.1 Å². The lowest BCUT2D eigenvalue weighted by Crippen LogP contribution is -2.25. The molecule has 0 bridgehead atoms. The van der Waals surface area contributed by atoms with E-state index in [1.54, 1.807) is 6.20 Å². The van der Waals surface area contributed by atoms with Gasteiger partial charge in [-0.25, -0.2) is 4.98 Å². The first-order valence-corrected chi connectivity index (χ1v) is 5.61. The summed E-state index contributed by atoms with van der Waals surface area (Å²) >= 11 is 5.78. The van der Waals surface area contributed by atoms with Crippen molar-refractivity contribution in [1.82, 2.24) is 9.88 Å². The minimum atomic E-state index is 0.499. The molecule has 82 valence electrons. The Kier molecular flexibility index (Phi) is 3.12. The van der Waals surface area contributed by atoms with Gasteiger partial charge in [-0.2, -0.15) is 0 Å². The van der Waals surface area contributed by atoms with Gasteiger partial charge in [-0.1, -0.05) is 11.6 Å². The quantitative estimate of drug-likeness (QED) is 0.837. The second-order valence-electron chi connectivity index (χ2n) is 4.23. The van der Waals surface area contributed by atoms with Gasteiger partial charge in [-0.05, 0) is 32.5 Å². The number of rotatable bonds is 2. The van der Waals surface area contributed by atoms with Crippen molar-refractivity contribution >= 4 is 17.4 Å². The summed E-state index contributed by atoms with van der Waals surface area (Å²) in [5.74, 6) is 0.909. The van der Waals surface area contributed by atoms with Crippen LogP contribution in [0.4, 0.5) is 5.82 Å². The van der Waals surface area contributed by atoms with E-state index in [1.807, 2.05) is 12.1 Å². The fourth-order valence-corrected chi connectivity index (χ4v) is 2.08. The molecule has 2 unspecified atom stereocenters. The molecule has 4 heteroatoms. The summed E-state index contributed by atoms with van der Waals surface area (Å²) < 4.78 is 0. The molecule has 2 heterocycles. The largest absolute Gasteiger partial charge is 0.366 e. The van der Waals surface area contributed by atoms with Crippen LogP contribution in [0.2, 0.25) is 5.02 Å². The normalized spacial score (nSPS) is 26.9. The Morgan fingerprint density at radius 1 is 1.53 bits per heavy atom. The highest BCUT2D eigenvalue weighted by Gasteiger charge is 2.25. The zero-order valence-electron chi connectivity index (χ0n) is 9.07. The van der Waals surface area contributed by atoms with E-state index in [-0.39, 0.29) is 0 Å². The minimum Gasteiger partial charge on any atom is -0.366 e. The number of nitrogens with zero attached hydrogens (tertiary/aromatic N) is 2. The molecular weight excluding hydrogens is 210 g/mol. The van der Waals surface area contributed by atoms with Crippen molar-refractivity contribution < 1.29 is 0 Å². The van der Waals surface area contributed by atoms with Crippen molar-refractivity contribution in [2.24, 2.45) is 0 Å². The Hall–Kier alpha value is -0.800. The number of likely N-dealkylation sites (tertiary alicyclic amines) is 1. The highest BCUT2D eigenvalue weighted by atomic mass is 35.5. The van der Waals surface area contributed by atoms with E-state index < -0.39 is 0 Å². The number of aromatic nitrogens is 1. The average molecular weight is 226 g/mol. The number of anilines is 1. The second-order valence-corrected chi connectivity index (χ2v) is 4.66. The van der Waals surface area contributed by atoms with Gasteiger partial charge >= 0.3 is 0 Å². The molecule has 1 aliphatic rings. The van der Waals surface area contributed by atoms with Gasteiger partial charge in [-0.3, -0.25) is 0 Å². The zero-order chi connectivity index (χ0) is 10.8. The topological polar surface area (TPSA) is 28.2 Å². The van der Waals surface area contributed by atoms with E-state index in [0.717, 1.165) is 12.4 Å². The van der Waals surface area contributed by atoms with Crippen LogP contribution in [-0.4, -0.2) is 35.6 Å². The van der Waals surface area contributed by atoms with E-state index >= 15 is 0 Å². The molecule has 0 saturated carbocycles. The predicted molar refractivity (Wildman–Crippen MR) is 63.4 cm³/mol. The highest BCUT2D eigenvalue weighted by molar-refractivity contribution is 6.30. The van der Waals surface area contributed by atoms with Crippen molar-refractivity contribution in [3.8, 4) is 0 Å². The summed E-state index contributed by atoms with van der Waals surface area (Å²) in [5, 5.41) is 4.10. The number of hydrogen-bond donors (Lipinski definition) is 1. The maximum absolute atomic E-state index is 5.78. The Morgan fingerprint density at radius 3 is 2.87 bits per heavy atom. The first kappa shape index (κ1) is 10.7. The third-order valence-corrected chi connectivity index (χ3v) is 3.19. The third-order valence-electron chi connectivity index (χ3n) is 2.97. The molecule has 1 fully saturated rings. The van der Waals surface area contributed by atoms with Crippen LogP contribution in [0.15, 0.2) is 18.3 Å². The van der Waals surface area contributed by atoms with Gasteiger partial charge in [0.05, 0.1) is 5.02 Å². The van der Waals surface area contributed by atoms with Crippen LogP contribution in [0.5, 0.6) is 0 Å². The van der Waals surface area contributed by atoms with Crippen LogP contribution < -0.4 is 5.32 Å². The van der Waals surface area contributed by atoms with Crippen LogP contribution in [-0.2, 0) is 0 Å². The van der Waals surface area contributed by atoms with Crippen LogP contribution >= 0.6 is 11.6 Å². The number of halogens is 1. The van der Waals surface area contributed by atoms with Crippen molar-refractivity contribution in [2.45, 2.75) is 25.4 Å². The Balaban J connectivity index is 1.95. The van der Waals surface area contributed by atoms with Gasteiger partial charge < -0.3 is 10.2 Å². The molecule has 0 amide bonds. The van der Waals surface area contributed by atoms with Crippen molar-refractivity contribution in [2.75, 3.05) is 18.9 Å². The van der Waals surface area contributed by atoms with Crippen molar-refractivity contribution in [3.05, 3.63) is 23.4 Å². The van der Waals surface area contributed by atoms with Gasteiger partial charge in [-0.15, -0.1) is 0 Å². The van der Waals surface area contributed by atoms with Crippen LogP contribution in [0.3, 0.4) is 0 Å². The molecule has 2 rings (SSSR count). The molecular formula is C11H16ClN3. The van der Waals surface area contributed by atoms with Gasteiger partial charge in [0.25, 0.3) is 0 Å². The first-order chi connectivity index (χ1) is 7.15. The summed E-state index contributed by atoms with van der Waals surface area (Å²) in [6, 6.07) is 4.93. The first-order valence-electron chi connectivity index (χ1n) is 5.23. The SMILES string of the molecule is CC1CC(Nc2ccc(Cl)cn2)CN1C. The second kappa shape index (κ2) is 4.37. The maximum atomic E-state index is 5.78. The smallest absolute Gasteiger partial charge is 0.126 e. The summed E-state index contributed by atoms with van der Waals surface area (Å²) in [4.78, 5) is 6.59. The molecule has 15 heavy (non-hydrogen) atoms. The Bertz CT molecular complexity index is 315. The molecule has 0 aliphatic carbocycles. The Morgan fingerprint density at radius 2 is 2.33 bits per heavy atom. The summed E-state index contributed by atoms with van der Waals surface area (Å²) in [6.45, 7) is 3.32. The molecule has 1 aliphatic heterocycles. The number of pyridine rings is 1. The average Bonchev–Trinajstić information content (AvgIpc) is 2.50. The molecule has 1 N–H and O–H groups in total. The molecule has 3 nitrogen and oxygen atoms in total. The molecule has 0 radical (unpaired) electrons. The molecule has 2 atom stereocenters. The van der Waals surface area contributed by atoms with Gasteiger partial charge in [0.1, 0.15) is 5.82 Å². The van der Waals surface area contributed by atoms with E-state index in [2.05, 4.69) is 29.2 Å². The maximum Gasteiger partial charge on any atom is 0.126 e. The van der Waals surface area contributed by atoms with E-state index in [4.69, 9.17) is 11.6 Å². The summed E-state index contributed by atoms with van der Waals surface area (Å²) in [6.07, 6.45) is 2.84. The predicted octanol–water partition coefficient (Wildman–Crippen LogP) is 2.24. The standard InChI is InChI=1S/C11H16ClN3/c1-8-5-10(7-15(8)2)14-11-4-3-9(12)6-13-11/h3-4,6,8,10H,5,7H2,1-2H3,(H,13,14). The monoisotopic (exact) mass is 225 g/mol. The van der Waals surface area contributed by atoms with Gasteiger partial charge in [0, 0.05) is 24.8 Å². The van der Waals surface area contributed by atoms with Gasteiger partial charge in [0.2, 0.25) is 0 Å². The molecule has 0 aromatic carbocycles. The van der Waals surface area contributed by atoms with E-state index in [1.165, 1.54) is 6.42 Å². The van der Waals surface area contributed by atoms with E-state index in [9.17, 15) is 0 Å². The fourth-order valence-electron chi connectivity index (χ4n) is 1.97. The summed E-state index contributed by atoms with van der Waals surface area (Å²) in [7, 11) is 2.15. The zero-order valence-corrected chi connectivity index (χ0v) is 9.83. The molecule has 1 saturated heterocycles. The number of nitrogens with one attached hydrogen (secondary N) is 1. The lowest BCUT2D eigenvalue weighted by molar-refractivity contribution is 0.330. The molecule has 1 aromatic heterocycles. The van der Waals surface area contributed by atoms with Crippen molar-refractivity contribution in [1.29, 1.82) is 0 Å². The van der Waals surface area contributed by atoms with Crippen molar-refractivity contribution in [3.63, 3.8) is 0 Å². The number of likely N-dealkylation sites (N-methyl/N-ethyl adjacent to an activating group) is 1. The summed E-state index contributed by atoms with van der Waals surface area (Å²) in [5.41, 5.74) is 0. The van der Waals surface area contributed by atoms with Crippen LogP contribution in [0.25, 0.3) is 0 Å². The van der Waals surface area contributed by atoms with Gasteiger partial charge in [0.15, 0.2) is 0 Å². The fraction of sp³-hybridized carbons (Fsp3) is 0.545. The third kappa shape index (κ3) is 2.61. The molecule has 1 aromatic rings. The lowest BCUT2D eigenvalue weighted by atomic mass is 10.2. The van der Waals surface area contributed by atoms with Crippen LogP contribution in [0.1, 0.15) is 13.3 Å². The Labute approximate surface area is 95.4 Å². The highest BCUT2D eigenvalue weighted by Crippen LogP contribution is 2.19. The van der Waals surface area contributed by atoms with Crippen LogP contribution in [0, 0.1) is 0 Å². The molecule has 0 spiro atoms. The lowest BCUT2D eigenvalue weighted by Gasteiger charge is -2.13. The minimum absolute atomic E-state index is 0.499.